The van der Waals surface area contributed by atoms with Crippen LogP contribution in [-0.4, -0.2) is 51.9 Å². The zero-order chi connectivity index (χ0) is 15.7. The maximum absolute atomic E-state index is 11.8. The highest BCUT2D eigenvalue weighted by molar-refractivity contribution is 6.02. The SMILES string of the molecule is CCOC(=O)C(NC(=O)CCn1cncn1)C(=O)OCC. The van der Waals surface area contributed by atoms with E-state index in [1.807, 2.05) is 0 Å². The van der Waals surface area contributed by atoms with Gasteiger partial charge in [0.05, 0.1) is 19.8 Å². The van der Waals surface area contributed by atoms with E-state index in [9.17, 15) is 14.4 Å². The predicted octanol–water partition coefficient (Wildman–Crippen LogP) is -0.721. The molecule has 116 valence electrons. The first-order valence-corrected chi connectivity index (χ1v) is 6.53. The van der Waals surface area contributed by atoms with Crippen LogP contribution in [0.4, 0.5) is 0 Å². The minimum absolute atomic E-state index is 0.0403. The smallest absolute Gasteiger partial charge is 0.340 e. The van der Waals surface area contributed by atoms with Crippen molar-refractivity contribution >= 4 is 17.8 Å². The third kappa shape index (κ3) is 5.59. The second kappa shape index (κ2) is 8.67. The second-order valence-corrected chi connectivity index (χ2v) is 3.91. The van der Waals surface area contributed by atoms with Crippen LogP contribution in [0.15, 0.2) is 12.7 Å². The Balaban J connectivity index is 2.55. The van der Waals surface area contributed by atoms with Crippen molar-refractivity contribution in [3.63, 3.8) is 0 Å². The van der Waals surface area contributed by atoms with Crippen LogP contribution in [0.5, 0.6) is 0 Å². The standard InChI is InChI=1S/C12H18N4O5/c1-3-20-11(18)10(12(19)21-4-2)15-9(17)5-6-16-8-13-7-14-16/h7-8,10H,3-6H2,1-2H3,(H,15,17). The van der Waals surface area contributed by atoms with Crippen molar-refractivity contribution in [2.75, 3.05) is 13.2 Å². The van der Waals surface area contributed by atoms with E-state index in [1.165, 1.54) is 17.3 Å². The van der Waals surface area contributed by atoms with E-state index < -0.39 is 23.9 Å². The number of nitrogens with one attached hydrogen (secondary N) is 1. The summed E-state index contributed by atoms with van der Waals surface area (Å²) >= 11 is 0. The lowest BCUT2D eigenvalue weighted by Crippen LogP contribution is -2.48. The van der Waals surface area contributed by atoms with Crippen LogP contribution in [0.25, 0.3) is 0 Å². The first-order chi connectivity index (χ1) is 10.1. The van der Waals surface area contributed by atoms with Gasteiger partial charge in [0, 0.05) is 6.42 Å². The predicted molar refractivity (Wildman–Crippen MR) is 69.8 cm³/mol. The molecule has 1 rings (SSSR count). The molecule has 0 unspecified atom stereocenters. The van der Waals surface area contributed by atoms with Crippen molar-refractivity contribution in [1.29, 1.82) is 0 Å². The number of carbonyl (C=O) groups excluding carboxylic acids is 3. The van der Waals surface area contributed by atoms with E-state index in [-0.39, 0.29) is 26.2 Å². The number of nitrogens with zero attached hydrogens (tertiary/aromatic N) is 3. The Hall–Kier alpha value is -2.45. The quantitative estimate of drug-likeness (QED) is 0.497. The molecule has 0 aliphatic carbocycles. The van der Waals surface area contributed by atoms with Crippen LogP contribution in [0, 0.1) is 0 Å². The number of hydrogen-bond acceptors (Lipinski definition) is 7. The topological polar surface area (TPSA) is 112 Å². The summed E-state index contributed by atoms with van der Waals surface area (Å²) in [5.74, 6) is -2.17. The number of aryl methyl sites for hydroxylation is 1. The fourth-order valence-electron chi connectivity index (χ4n) is 1.46. The number of hydrogen-bond donors (Lipinski definition) is 1. The van der Waals surface area contributed by atoms with Gasteiger partial charge in [-0.15, -0.1) is 0 Å². The van der Waals surface area contributed by atoms with Crippen LogP contribution in [0.3, 0.4) is 0 Å². The molecule has 0 spiro atoms. The van der Waals surface area contributed by atoms with Crippen molar-refractivity contribution in [1.82, 2.24) is 20.1 Å². The molecule has 1 aromatic heterocycles. The molecule has 21 heavy (non-hydrogen) atoms. The maximum atomic E-state index is 11.8. The average Bonchev–Trinajstić information content (AvgIpc) is 2.96. The largest absolute Gasteiger partial charge is 0.464 e. The zero-order valence-electron chi connectivity index (χ0n) is 11.9. The third-order valence-electron chi connectivity index (χ3n) is 2.38. The van der Waals surface area contributed by atoms with Gasteiger partial charge >= 0.3 is 11.9 Å². The molecular formula is C12H18N4O5. The lowest BCUT2D eigenvalue weighted by molar-refractivity contribution is -0.159. The van der Waals surface area contributed by atoms with E-state index in [2.05, 4.69) is 15.4 Å². The first kappa shape index (κ1) is 16.6. The molecule has 0 saturated heterocycles. The van der Waals surface area contributed by atoms with Crippen molar-refractivity contribution < 1.29 is 23.9 Å². The van der Waals surface area contributed by atoms with Crippen LogP contribution < -0.4 is 5.32 Å². The van der Waals surface area contributed by atoms with Crippen molar-refractivity contribution in [2.45, 2.75) is 32.9 Å². The fourth-order valence-corrected chi connectivity index (χ4v) is 1.46. The van der Waals surface area contributed by atoms with Gasteiger partial charge < -0.3 is 14.8 Å². The Morgan fingerprint density at radius 1 is 1.19 bits per heavy atom. The molecule has 0 saturated carbocycles. The molecular weight excluding hydrogens is 280 g/mol. The molecule has 0 fully saturated rings. The lowest BCUT2D eigenvalue weighted by atomic mass is 10.2. The Kier molecular flexibility index (Phi) is 6.85. The number of esters is 2. The number of amides is 1. The van der Waals surface area contributed by atoms with Gasteiger partial charge in [-0.3, -0.25) is 9.48 Å². The van der Waals surface area contributed by atoms with E-state index in [0.29, 0.717) is 0 Å². The van der Waals surface area contributed by atoms with Gasteiger partial charge in [0.2, 0.25) is 11.9 Å². The number of rotatable bonds is 8. The van der Waals surface area contributed by atoms with Gasteiger partial charge in [-0.2, -0.15) is 5.10 Å². The summed E-state index contributed by atoms with van der Waals surface area (Å²) in [6, 6.07) is -1.45. The van der Waals surface area contributed by atoms with Gasteiger partial charge in [0.15, 0.2) is 0 Å². The Bertz CT molecular complexity index is 456. The highest BCUT2D eigenvalue weighted by Gasteiger charge is 2.31. The summed E-state index contributed by atoms with van der Waals surface area (Å²) in [7, 11) is 0. The van der Waals surface area contributed by atoms with E-state index in [1.54, 1.807) is 13.8 Å². The molecule has 1 N–H and O–H groups in total. The molecule has 1 heterocycles. The van der Waals surface area contributed by atoms with E-state index in [4.69, 9.17) is 9.47 Å². The Morgan fingerprint density at radius 2 is 1.81 bits per heavy atom. The summed E-state index contributed by atoms with van der Waals surface area (Å²) in [5.41, 5.74) is 0. The second-order valence-electron chi connectivity index (χ2n) is 3.91. The minimum Gasteiger partial charge on any atom is -0.464 e. The summed E-state index contributed by atoms with van der Waals surface area (Å²) < 4.78 is 10.9. The molecule has 0 atom stereocenters. The van der Waals surface area contributed by atoms with Crippen molar-refractivity contribution in [3.05, 3.63) is 12.7 Å². The molecule has 9 nitrogen and oxygen atoms in total. The minimum atomic E-state index is -1.45. The monoisotopic (exact) mass is 298 g/mol. The summed E-state index contributed by atoms with van der Waals surface area (Å²) in [4.78, 5) is 38.8. The van der Waals surface area contributed by atoms with Gasteiger partial charge in [-0.1, -0.05) is 0 Å². The normalized spacial score (nSPS) is 10.2. The molecule has 1 aromatic rings. The molecule has 0 bridgehead atoms. The lowest BCUT2D eigenvalue weighted by Gasteiger charge is -2.15. The Morgan fingerprint density at radius 3 is 2.29 bits per heavy atom. The molecule has 0 aliphatic rings. The average molecular weight is 298 g/mol. The van der Waals surface area contributed by atoms with Crippen molar-refractivity contribution in [3.8, 4) is 0 Å². The highest BCUT2D eigenvalue weighted by Crippen LogP contribution is 1.97. The van der Waals surface area contributed by atoms with Gasteiger partial charge in [-0.05, 0) is 13.8 Å². The van der Waals surface area contributed by atoms with Gasteiger partial charge in [0.1, 0.15) is 12.7 Å². The molecule has 0 aromatic carbocycles. The van der Waals surface area contributed by atoms with Crippen LogP contribution in [0.1, 0.15) is 20.3 Å². The van der Waals surface area contributed by atoms with Crippen LogP contribution in [0.2, 0.25) is 0 Å². The van der Waals surface area contributed by atoms with Gasteiger partial charge in [0.25, 0.3) is 0 Å². The highest BCUT2D eigenvalue weighted by atomic mass is 16.6. The van der Waals surface area contributed by atoms with E-state index >= 15 is 0 Å². The van der Waals surface area contributed by atoms with Crippen molar-refractivity contribution in [2.24, 2.45) is 0 Å². The third-order valence-corrected chi connectivity index (χ3v) is 2.38. The van der Waals surface area contributed by atoms with Crippen LogP contribution >= 0.6 is 0 Å². The van der Waals surface area contributed by atoms with Crippen LogP contribution in [-0.2, 0) is 30.4 Å². The summed E-state index contributed by atoms with van der Waals surface area (Å²) in [6.07, 6.45) is 2.85. The van der Waals surface area contributed by atoms with E-state index in [0.717, 1.165) is 0 Å². The Labute approximate surface area is 121 Å². The number of aromatic nitrogens is 3. The molecule has 9 heteroatoms. The molecule has 0 radical (unpaired) electrons. The summed E-state index contributed by atoms with van der Waals surface area (Å²) in [5, 5.41) is 6.14. The zero-order valence-corrected chi connectivity index (χ0v) is 11.9. The van der Waals surface area contributed by atoms with Gasteiger partial charge in [-0.25, -0.2) is 14.6 Å². The maximum Gasteiger partial charge on any atom is 0.340 e. The fraction of sp³-hybridized carbons (Fsp3) is 0.583. The molecule has 1 amide bonds. The molecule has 0 aliphatic heterocycles. The number of ether oxygens (including phenoxy) is 2. The summed E-state index contributed by atoms with van der Waals surface area (Å²) in [6.45, 7) is 3.69. The number of carbonyl (C=O) groups is 3. The first-order valence-electron chi connectivity index (χ1n) is 6.53.